The van der Waals surface area contributed by atoms with E-state index in [-0.39, 0.29) is 18.2 Å². The maximum absolute atomic E-state index is 13.5. The van der Waals surface area contributed by atoms with Gasteiger partial charge in [-0.3, -0.25) is 4.79 Å². The first-order valence-corrected chi connectivity index (χ1v) is 9.06. The molecular formula is C19H14ClFO4S. The Hall–Kier alpha value is -2.31. The molecule has 0 saturated carbocycles. The van der Waals surface area contributed by atoms with Gasteiger partial charge in [0.15, 0.2) is 0 Å². The summed E-state index contributed by atoms with van der Waals surface area (Å²) in [7, 11) is 0. The fraction of sp³-hybridized carbons (Fsp3) is 0.158. The summed E-state index contributed by atoms with van der Waals surface area (Å²) < 4.78 is 23.9. The predicted molar refractivity (Wildman–Crippen MR) is 99.2 cm³/mol. The molecule has 1 heterocycles. The molecule has 0 unspecified atom stereocenters. The molecule has 0 atom stereocenters. The Labute approximate surface area is 157 Å². The number of hydrogen-bond acceptors (Lipinski definition) is 5. The zero-order chi connectivity index (χ0) is 18.7. The van der Waals surface area contributed by atoms with Gasteiger partial charge in [0.1, 0.15) is 18.0 Å². The van der Waals surface area contributed by atoms with Crippen molar-refractivity contribution in [2.45, 2.75) is 18.4 Å². The van der Waals surface area contributed by atoms with Crippen LogP contribution >= 0.6 is 23.4 Å². The molecule has 0 aliphatic rings. The van der Waals surface area contributed by atoms with E-state index in [1.807, 2.05) is 0 Å². The molecule has 0 bridgehead atoms. The van der Waals surface area contributed by atoms with Gasteiger partial charge in [0.2, 0.25) is 0 Å². The standard InChI is InChI=1S/C19H14ClFO4S/c1-11-6-16-13(8-14(11)20)12(7-18(22)25-16)9-24-19(23)10-26-17-5-3-2-4-15(17)21/h2-8H,9-10H2,1H3. The van der Waals surface area contributed by atoms with Crippen LogP contribution in [0.15, 0.2) is 56.6 Å². The second-order valence-electron chi connectivity index (χ2n) is 5.57. The Balaban J connectivity index is 1.71. The largest absolute Gasteiger partial charge is 0.460 e. The van der Waals surface area contributed by atoms with Crippen LogP contribution in [0.3, 0.4) is 0 Å². The highest BCUT2D eigenvalue weighted by Crippen LogP contribution is 2.26. The highest BCUT2D eigenvalue weighted by atomic mass is 35.5. The van der Waals surface area contributed by atoms with Crippen molar-refractivity contribution in [1.29, 1.82) is 0 Å². The molecule has 134 valence electrons. The van der Waals surface area contributed by atoms with Crippen LogP contribution in [0.4, 0.5) is 4.39 Å². The first-order valence-electron chi connectivity index (χ1n) is 7.70. The van der Waals surface area contributed by atoms with Gasteiger partial charge in [-0.05, 0) is 36.8 Å². The van der Waals surface area contributed by atoms with Crippen molar-refractivity contribution in [3.05, 3.63) is 74.9 Å². The number of carbonyl (C=O) groups excluding carboxylic acids is 1. The van der Waals surface area contributed by atoms with Crippen LogP contribution in [0.5, 0.6) is 0 Å². The maximum atomic E-state index is 13.5. The molecule has 0 radical (unpaired) electrons. The van der Waals surface area contributed by atoms with Crippen molar-refractivity contribution >= 4 is 40.3 Å². The molecule has 0 saturated heterocycles. The molecule has 0 aliphatic heterocycles. The summed E-state index contributed by atoms with van der Waals surface area (Å²) in [6, 6.07) is 10.8. The van der Waals surface area contributed by atoms with Gasteiger partial charge >= 0.3 is 11.6 Å². The Morgan fingerprint density at radius 3 is 2.81 bits per heavy atom. The Kier molecular flexibility index (Phi) is 5.64. The molecule has 0 amide bonds. The van der Waals surface area contributed by atoms with Gasteiger partial charge in [0.25, 0.3) is 0 Å². The highest BCUT2D eigenvalue weighted by molar-refractivity contribution is 8.00. The second-order valence-corrected chi connectivity index (χ2v) is 6.99. The monoisotopic (exact) mass is 392 g/mol. The van der Waals surface area contributed by atoms with Gasteiger partial charge in [0.05, 0.1) is 5.75 Å². The average molecular weight is 393 g/mol. The molecular weight excluding hydrogens is 379 g/mol. The van der Waals surface area contributed by atoms with E-state index in [4.69, 9.17) is 20.8 Å². The molecule has 3 rings (SSSR count). The van der Waals surface area contributed by atoms with Crippen LogP contribution < -0.4 is 5.63 Å². The molecule has 0 aliphatic carbocycles. The second kappa shape index (κ2) is 7.93. The lowest BCUT2D eigenvalue weighted by atomic mass is 10.1. The fourth-order valence-corrected chi connectivity index (χ4v) is 3.27. The highest BCUT2D eigenvalue weighted by Gasteiger charge is 2.12. The SMILES string of the molecule is Cc1cc2oc(=O)cc(COC(=O)CSc3ccccc3F)c2cc1Cl. The molecule has 4 nitrogen and oxygen atoms in total. The average Bonchev–Trinajstić information content (AvgIpc) is 2.60. The molecule has 0 spiro atoms. The van der Waals surface area contributed by atoms with Gasteiger partial charge in [-0.1, -0.05) is 23.7 Å². The lowest BCUT2D eigenvalue weighted by Crippen LogP contribution is -2.09. The molecule has 7 heteroatoms. The van der Waals surface area contributed by atoms with Crippen LogP contribution in [-0.2, 0) is 16.1 Å². The van der Waals surface area contributed by atoms with E-state index in [9.17, 15) is 14.0 Å². The molecule has 1 aromatic heterocycles. The van der Waals surface area contributed by atoms with E-state index in [0.717, 1.165) is 17.3 Å². The van der Waals surface area contributed by atoms with Crippen molar-refractivity contribution < 1.29 is 18.3 Å². The lowest BCUT2D eigenvalue weighted by molar-refractivity contribution is -0.141. The quantitative estimate of drug-likeness (QED) is 0.357. The van der Waals surface area contributed by atoms with Crippen LogP contribution in [0.2, 0.25) is 5.02 Å². The number of halogens is 2. The van der Waals surface area contributed by atoms with E-state index in [1.165, 1.54) is 12.1 Å². The molecule has 2 aromatic carbocycles. The number of carbonyl (C=O) groups is 1. The van der Waals surface area contributed by atoms with Crippen LogP contribution in [0.1, 0.15) is 11.1 Å². The van der Waals surface area contributed by atoms with E-state index >= 15 is 0 Å². The number of rotatable bonds is 5. The lowest BCUT2D eigenvalue weighted by Gasteiger charge is -2.09. The van der Waals surface area contributed by atoms with Gasteiger partial charge in [-0.15, -0.1) is 11.8 Å². The minimum absolute atomic E-state index is 0.0415. The number of ether oxygens (including phenoxy) is 1. The normalized spacial score (nSPS) is 10.9. The summed E-state index contributed by atoms with van der Waals surface area (Å²) in [4.78, 5) is 24.0. The predicted octanol–water partition coefficient (Wildman–Crippen LogP) is 4.73. The van der Waals surface area contributed by atoms with Crippen LogP contribution in [0.25, 0.3) is 11.0 Å². The smallest absolute Gasteiger partial charge is 0.336 e. The van der Waals surface area contributed by atoms with Crippen LogP contribution in [0, 0.1) is 12.7 Å². The summed E-state index contributed by atoms with van der Waals surface area (Å²) in [5.41, 5.74) is 1.12. The third-order valence-electron chi connectivity index (χ3n) is 3.68. The molecule has 0 fully saturated rings. The number of esters is 1. The van der Waals surface area contributed by atoms with Crippen molar-refractivity contribution in [2.75, 3.05) is 5.75 Å². The third-order valence-corrected chi connectivity index (χ3v) is 5.11. The van der Waals surface area contributed by atoms with E-state index in [0.29, 0.717) is 26.5 Å². The number of hydrogen-bond donors (Lipinski definition) is 0. The minimum Gasteiger partial charge on any atom is -0.460 e. The number of thioether (sulfide) groups is 1. The van der Waals surface area contributed by atoms with Crippen molar-refractivity contribution in [2.24, 2.45) is 0 Å². The zero-order valence-corrected chi connectivity index (χ0v) is 15.3. The summed E-state index contributed by atoms with van der Waals surface area (Å²) in [6.07, 6.45) is 0. The van der Waals surface area contributed by atoms with Crippen molar-refractivity contribution in [3.63, 3.8) is 0 Å². The summed E-state index contributed by atoms with van der Waals surface area (Å²) in [6.45, 7) is 1.70. The number of benzene rings is 2. The fourth-order valence-electron chi connectivity index (χ4n) is 2.37. The van der Waals surface area contributed by atoms with Crippen LogP contribution in [-0.4, -0.2) is 11.7 Å². The maximum Gasteiger partial charge on any atom is 0.336 e. The Morgan fingerprint density at radius 2 is 2.04 bits per heavy atom. The molecule has 0 N–H and O–H groups in total. The minimum atomic E-state index is -0.536. The Bertz CT molecular complexity index is 1030. The van der Waals surface area contributed by atoms with E-state index in [1.54, 1.807) is 37.3 Å². The summed E-state index contributed by atoms with van der Waals surface area (Å²) >= 11 is 7.18. The zero-order valence-electron chi connectivity index (χ0n) is 13.8. The summed E-state index contributed by atoms with van der Waals surface area (Å²) in [5.74, 6) is -0.944. The first kappa shape index (κ1) is 18.5. The van der Waals surface area contributed by atoms with E-state index in [2.05, 4.69) is 0 Å². The van der Waals surface area contributed by atoms with Crippen molar-refractivity contribution in [3.8, 4) is 0 Å². The molecule has 3 aromatic rings. The van der Waals surface area contributed by atoms with Crippen molar-refractivity contribution in [1.82, 2.24) is 0 Å². The van der Waals surface area contributed by atoms with Gasteiger partial charge < -0.3 is 9.15 Å². The Morgan fingerprint density at radius 1 is 1.27 bits per heavy atom. The van der Waals surface area contributed by atoms with Gasteiger partial charge in [-0.25, -0.2) is 9.18 Å². The topological polar surface area (TPSA) is 56.5 Å². The van der Waals surface area contributed by atoms with Gasteiger partial charge in [0, 0.05) is 26.9 Å². The summed E-state index contributed by atoms with van der Waals surface area (Å²) in [5, 5.41) is 1.13. The number of fused-ring (bicyclic) bond motifs is 1. The van der Waals surface area contributed by atoms with E-state index < -0.39 is 11.6 Å². The van der Waals surface area contributed by atoms with Gasteiger partial charge in [-0.2, -0.15) is 0 Å². The molecule has 26 heavy (non-hydrogen) atoms. The number of aryl methyl sites for hydroxylation is 1. The third kappa shape index (κ3) is 4.26. The first-order chi connectivity index (χ1) is 12.4.